The number of benzene rings is 3. The Morgan fingerprint density at radius 3 is 2.16 bits per heavy atom. The zero-order chi connectivity index (χ0) is 22.0. The molecular formula is C23H17Cl3N3O2+. The van der Waals surface area contributed by atoms with Gasteiger partial charge in [-0.3, -0.25) is 9.59 Å². The second-order valence-electron chi connectivity index (χ2n) is 6.99. The zero-order valence-corrected chi connectivity index (χ0v) is 18.3. The van der Waals surface area contributed by atoms with Crippen molar-refractivity contribution in [1.82, 2.24) is 10.7 Å². The number of carbonyl (C=O) groups is 2. The molecule has 8 heteroatoms. The average molecular weight is 474 g/mol. The van der Waals surface area contributed by atoms with Gasteiger partial charge in [-0.2, -0.15) is 0 Å². The molecule has 0 aromatic heterocycles. The van der Waals surface area contributed by atoms with E-state index in [0.29, 0.717) is 20.6 Å². The molecular weight excluding hydrogens is 457 g/mol. The second kappa shape index (κ2) is 9.10. The summed E-state index contributed by atoms with van der Waals surface area (Å²) in [7, 11) is 0. The molecule has 31 heavy (non-hydrogen) atoms. The minimum atomic E-state index is -0.844. The van der Waals surface area contributed by atoms with Crippen LogP contribution in [0.15, 0.2) is 72.8 Å². The summed E-state index contributed by atoms with van der Waals surface area (Å²) in [5.74, 6) is -0.721. The van der Waals surface area contributed by atoms with Crippen molar-refractivity contribution in [2.45, 2.75) is 12.1 Å². The monoisotopic (exact) mass is 472 g/mol. The van der Waals surface area contributed by atoms with E-state index in [-0.39, 0.29) is 11.8 Å². The SMILES string of the molecule is O=C(N[C@H]1C(=O)N/[N+](=C\c2ccccc2Cl)[C@H]1c1ccc(Cl)cc1)c1ccc(Cl)cc1. The predicted octanol–water partition coefficient (Wildman–Crippen LogP) is 4.66. The molecule has 0 bridgehead atoms. The van der Waals surface area contributed by atoms with Crippen molar-refractivity contribution in [2.24, 2.45) is 0 Å². The molecule has 1 saturated heterocycles. The summed E-state index contributed by atoms with van der Waals surface area (Å²) in [5.41, 5.74) is 4.75. The van der Waals surface area contributed by atoms with Crippen LogP contribution in [-0.4, -0.2) is 28.8 Å². The van der Waals surface area contributed by atoms with Gasteiger partial charge < -0.3 is 5.32 Å². The standard InChI is InChI=1S/C23H16Cl3N3O2/c24-17-9-5-14(6-10-17)21-20(27-22(30)15-7-11-18(25)12-8-15)23(31)28-29(21)13-16-3-1-2-4-19(16)26/h1-13,20-21H,(H-,27,28,30,31)/p+1/b29-13-/t20-,21+/m1/s1. The first-order valence-electron chi connectivity index (χ1n) is 9.42. The van der Waals surface area contributed by atoms with Crippen LogP contribution in [0.25, 0.3) is 0 Å². The third kappa shape index (κ3) is 4.74. The first-order valence-corrected chi connectivity index (χ1v) is 10.6. The topological polar surface area (TPSA) is 61.2 Å². The minimum absolute atomic E-state index is 0.342. The summed E-state index contributed by atoms with van der Waals surface area (Å²) in [6.45, 7) is 0. The lowest BCUT2D eigenvalue weighted by molar-refractivity contribution is -0.596. The van der Waals surface area contributed by atoms with E-state index in [2.05, 4.69) is 10.7 Å². The fourth-order valence-corrected chi connectivity index (χ4v) is 3.83. The van der Waals surface area contributed by atoms with E-state index < -0.39 is 12.1 Å². The third-order valence-electron chi connectivity index (χ3n) is 4.93. The third-order valence-corrected chi connectivity index (χ3v) is 5.77. The number of halogens is 3. The number of rotatable bonds is 4. The van der Waals surface area contributed by atoms with E-state index >= 15 is 0 Å². The molecule has 0 spiro atoms. The predicted molar refractivity (Wildman–Crippen MR) is 122 cm³/mol. The molecule has 5 nitrogen and oxygen atoms in total. The largest absolute Gasteiger partial charge is 0.334 e. The molecule has 4 rings (SSSR count). The van der Waals surface area contributed by atoms with Gasteiger partial charge >= 0.3 is 5.91 Å². The minimum Gasteiger partial charge on any atom is -0.334 e. The summed E-state index contributed by atoms with van der Waals surface area (Å²) in [5, 5.41) is 4.47. The Bertz CT molecular complexity index is 1160. The van der Waals surface area contributed by atoms with Gasteiger partial charge in [0.25, 0.3) is 5.91 Å². The van der Waals surface area contributed by atoms with Gasteiger partial charge in [0.1, 0.15) is 0 Å². The quantitative estimate of drug-likeness (QED) is 0.541. The molecule has 2 amide bonds. The first kappa shape index (κ1) is 21.4. The lowest BCUT2D eigenvalue weighted by Crippen LogP contribution is -2.42. The Morgan fingerprint density at radius 1 is 0.903 bits per heavy atom. The van der Waals surface area contributed by atoms with Crippen LogP contribution in [0.4, 0.5) is 0 Å². The Balaban J connectivity index is 1.71. The van der Waals surface area contributed by atoms with Crippen LogP contribution in [0.2, 0.25) is 15.1 Å². The number of hydrazine groups is 1. The smallest absolute Gasteiger partial charge is 0.304 e. The van der Waals surface area contributed by atoms with Crippen molar-refractivity contribution in [2.75, 3.05) is 0 Å². The summed E-state index contributed by atoms with van der Waals surface area (Å²) < 4.78 is 1.65. The van der Waals surface area contributed by atoms with Crippen LogP contribution in [-0.2, 0) is 4.79 Å². The number of hydrogen-bond donors (Lipinski definition) is 2. The number of carbonyl (C=O) groups excluding carboxylic acids is 2. The van der Waals surface area contributed by atoms with E-state index in [9.17, 15) is 9.59 Å². The highest BCUT2D eigenvalue weighted by molar-refractivity contribution is 6.33. The second-order valence-corrected chi connectivity index (χ2v) is 8.27. The molecule has 3 aromatic carbocycles. The van der Waals surface area contributed by atoms with Crippen LogP contribution in [0.3, 0.4) is 0 Å². The molecule has 2 atom stereocenters. The Morgan fingerprint density at radius 2 is 1.52 bits per heavy atom. The lowest BCUT2D eigenvalue weighted by Gasteiger charge is -2.15. The van der Waals surface area contributed by atoms with Gasteiger partial charge in [0.2, 0.25) is 12.3 Å². The molecule has 0 aliphatic carbocycles. The van der Waals surface area contributed by atoms with Crippen LogP contribution in [0.5, 0.6) is 0 Å². The van der Waals surface area contributed by atoms with Gasteiger partial charge in [-0.15, -0.1) is 10.1 Å². The molecule has 2 N–H and O–H groups in total. The van der Waals surface area contributed by atoms with Crippen LogP contribution in [0, 0.1) is 0 Å². The van der Waals surface area contributed by atoms with Gasteiger partial charge in [-0.25, -0.2) is 0 Å². The summed E-state index contributed by atoms with van der Waals surface area (Å²) in [6.07, 6.45) is 1.74. The van der Waals surface area contributed by atoms with Crippen molar-refractivity contribution in [3.05, 3.63) is 105 Å². The zero-order valence-electron chi connectivity index (χ0n) is 16.1. The molecule has 1 aliphatic heterocycles. The normalized spacial score (nSPS) is 19.3. The van der Waals surface area contributed by atoms with Crippen molar-refractivity contribution >= 4 is 52.8 Å². The molecule has 0 unspecified atom stereocenters. The van der Waals surface area contributed by atoms with Crippen molar-refractivity contribution < 1.29 is 14.3 Å². The summed E-state index contributed by atoms with van der Waals surface area (Å²) in [6, 6.07) is 19.5. The maximum absolute atomic E-state index is 12.9. The highest BCUT2D eigenvalue weighted by Crippen LogP contribution is 2.27. The van der Waals surface area contributed by atoms with Crippen LogP contribution < -0.4 is 10.7 Å². The van der Waals surface area contributed by atoms with E-state index in [1.165, 1.54) is 0 Å². The van der Waals surface area contributed by atoms with Crippen molar-refractivity contribution in [1.29, 1.82) is 0 Å². The van der Waals surface area contributed by atoms with Gasteiger partial charge in [0.15, 0.2) is 6.04 Å². The Labute approximate surface area is 194 Å². The van der Waals surface area contributed by atoms with Gasteiger partial charge in [0, 0.05) is 21.2 Å². The van der Waals surface area contributed by atoms with E-state index in [4.69, 9.17) is 34.8 Å². The van der Waals surface area contributed by atoms with E-state index in [1.54, 1.807) is 53.4 Å². The van der Waals surface area contributed by atoms with E-state index in [1.807, 2.05) is 30.3 Å². The molecule has 0 radical (unpaired) electrons. The summed E-state index contributed by atoms with van der Waals surface area (Å²) >= 11 is 18.3. The Hall–Kier alpha value is -2.86. The fourth-order valence-electron chi connectivity index (χ4n) is 3.40. The van der Waals surface area contributed by atoms with Gasteiger partial charge in [0.05, 0.1) is 10.6 Å². The fraction of sp³-hybridized carbons (Fsp3) is 0.0870. The van der Waals surface area contributed by atoms with Crippen LogP contribution in [0.1, 0.15) is 27.5 Å². The number of nitrogens with zero attached hydrogens (tertiary/aromatic N) is 1. The maximum Gasteiger partial charge on any atom is 0.304 e. The average Bonchev–Trinajstić information content (AvgIpc) is 3.05. The molecule has 156 valence electrons. The first-order chi connectivity index (χ1) is 14.9. The van der Waals surface area contributed by atoms with Gasteiger partial charge in [-0.1, -0.05) is 59.1 Å². The number of hydrazone groups is 1. The summed E-state index contributed by atoms with van der Waals surface area (Å²) in [4.78, 5) is 25.7. The number of amides is 2. The van der Waals surface area contributed by atoms with Gasteiger partial charge in [-0.05, 0) is 48.5 Å². The molecule has 1 fully saturated rings. The van der Waals surface area contributed by atoms with E-state index in [0.717, 1.165) is 11.1 Å². The molecule has 0 saturated carbocycles. The van der Waals surface area contributed by atoms with Crippen molar-refractivity contribution in [3.63, 3.8) is 0 Å². The van der Waals surface area contributed by atoms with Crippen LogP contribution >= 0.6 is 34.8 Å². The molecule has 3 aromatic rings. The maximum atomic E-state index is 12.9. The number of nitrogens with one attached hydrogen (secondary N) is 2. The molecule has 1 aliphatic rings. The highest BCUT2D eigenvalue weighted by atomic mass is 35.5. The molecule has 1 heterocycles. The van der Waals surface area contributed by atoms with Crippen molar-refractivity contribution in [3.8, 4) is 0 Å². The lowest BCUT2D eigenvalue weighted by atomic mass is 10.00. The number of hydrogen-bond acceptors (Lipinski definition) is 2. The highest BCUT2D eigenvalue weighted by Gasteiger charge is 2.47. The Kier molecular flexibility index (Phi) is 6.28.